The summed E-state index contributed by atoms with van der Waals surface area (Å²) in [4.78, 5) is 0.211. The van der Waals surface area contributed by atoms with Gasteiger partial charge in [0.05, 0.1) is 25.7 Å². The van der Waals surface area contributed by atoms with E-state index in [-0.39, 0.29) is 11.4 Å². The van der Waals surface area contributed by atoms with Crippen LogP contribution < -0.4 is 18.9 Å². The van der Waals surface area contributed by atoms with Crippen LogP contribution in [-0.2, 0) is 16.4 Å². The van der Waals surface area contributed by atoms with Gasteiger partial charge in [-0.05, 0) is 55.3 Å². The van der Waals surface area contributed by atoms with Crippen LogP contribution in [0.3, 0.4) is 0 Å². The zero-order valence-electron chi connectivity index (χ0n) is 14.6. The molecule has 0 heterocycles. The van der Waals surface area contributed by atoms with Crippen LogP contribution in [0.4, 0.5) is 0 Å². The molecule has 0 spiro atoms. The van der Waals surface area contributed by atoms with Gasteiger partial charge in [0, 0.05) is 6.54 Å². The molecule has 2 aromatic carbocycles. The van der Waals surface area contributed by atoms with Crippen LogP contribution in [0, 0.1) is 0 Å². The van der Waals surface area contributed by atoms with Crippen LogP contribution in [0.2, 0.25) is 0 Å². The normalized spacial score (nSPS) is 11.2. The minimum absolute atomic E-state index is 0.211. The molecule has 0 radical (unpaired) electrons. The average Bonchev–Trinajstić information content (AvgIpc) is 2.62. The largest absolute Gasteiger partial charge is 0.494 e. The van der Waals surface area contributed by atoms with Gasteiger partial charge in [-0.15, -0.1) is 0 Å². The van der Waals surface area contributed by atoms with E-state index < -0.39 is 10.0 Å². The highest BCUT2D eigenvalue weighted by molar-refractivity contribution is 7.89. The summed E-state index contributed by atoms with van der Waals surface area (Å²) in [6.07, 6.45) is 0.538. The number of hydrogen-bond acceptors (Lipinski definition) is 5. The fraction of sp³-hybridized carbons (Fsp3) is 0.333. The zero-order chi connectivity index (χ0) is 18.3. The molecule has 0 aliphatic rings. The van der Waals surface area contributed by atoms with Gasteiger partial charge in [-0.1, -0.05) is 6.07 Å². The standard InChI is InChI=1S/C18H23NO5S/c1-4-24-15-6-8-16(9-7-15)25(20,21)19-12-11-14-5-10-17(22-2)18(13-14)23-3/h5-10,13,19H,4,11-12H2,1-3H3. The molecule has 0 fully saturated rings. The first kappa shape index (κ1) is 19.1. The summed E-state index contributed by atoms with van der Waals surface area (Å²) < 4.78 is 43.0. The van der Waals surface area contributed by atoms with Gasteiger partial charge in [0.2, 0.25) is 10.0 Å². The molecular weight excluding hydrogens is 342 g/mol. The third-order valence-electron chi connectivity index (χ3n) is 3.60. The summed E-state index contributed by atoms with van der Waals surface area (Å²) in [5.41, 5.74) is 0.951. The first-order chi connectivity index (χ1) is 12.0. The topological polar surface area (TPSA) is 73.9 Å². The van der Waals surface area contributed by atoms with Crippen molar-refractivity contribution in [1.82, 2.24) is 4.72 Å². The fourth-order valence-electron chi connectivity index (χ4n) is 2.33. The van der Waals surface area contributed by atoms with Gasteiger partial charge in [-0.3, -0.25) is 0 Å². The lowest BCUT2D eigenvalue weighted by atomic mass is 10.1. The maximum Gasteiger partial charge on any atom is 0.240 e. The molecule has 0 aliphatic heterocycles. The molecule has 25 heavy (non-hydrogen) atoms. The first-order valence-electron chi connectivity index (χ1n) is 7.93. The monoisotopic (exact) mass is 365 g/mol. The van der Waals surface area contributed by atoms with E-state index in [9.17, 15) is 8.42 Å². The van der Waals surface area contributed by atoms with Crippen molar-refractivity contribution in [2.75, 3.05) is 27.4 Å². The third kappa shape index (κ3) is 5.11. The second kappa shape index (κ2) is 8.73. The van der Waals surface area contributed by atoms with Gasteiger partial charge in [-0.25, -0.2) is 13.1 Å². The predicted molar refractivity (Wildman–Crippen MR) is 96.0 cm³/mol. The predicted octanol–water partition coefficient (Wildman–Crippen LogP) is 2.62. The van der Waals surface area contributed by atoms with E-state index in [2.05, 4.69) is 4.72 Å². The Balaban J connectivity index is 1.98. The molecule has 1 N–H and O–H groups in total. The van der Waals surface area contributed by atoms with E-state index in [4.69, 9.17) is 14.2 Å². The van der Waals surface area contributed by atoms with Crippen molar-refractivity contribution in [2.45, 2.75) is 18.2 Å². The lowest BCUT2D eigenvalue weighted by Gasteiger charge is -2.11. The van der Waals surface area contributed by atoms with Gasteiger partial charge in [-0.2, -0.15) is 0 Å². The van der Waals surface area contributed by atoms with Crippen molar-refractivity contribution in [2.24, 2.45) is 0 Å². The highest BCUT2D eigenvalue weighted by atomic mass is 32.2. The Labute approximate surface area is 148 Å². The Morgan fingerprint density at radius 2 is 1.64 bits per heavy atom. The molecule has 0 saturated carbocycles. The summed E-state index contributed by atoms with van der Waals surface area (Å²) in [6, 6.07) is 11.9. The van der Waals surface area contributed by atoms with Crippen LogP contribution >= 0.6 is 0 Å². The molecule has 0 unspecified atom stereocenters. The van der Waals surface area contributed by atoms with Crippen molar-refractivity contribution in [1.29, 1.82) is 0 Å². The van der Waals surface area contributed by atoms with Gasteiger partial charge in [0.25, 0.3) is 0 Å². The lowest BCUT2D eigenvalue weighted by Crippen LogP contribution is -2.26. The van der Waals surface area contributed by atoms with Crippen molar-refractivity contribution >= 4 is 10.0 Å². The van der Waals surface area contributed by atoms with Gasteiger partial charge >= 0.3 is 0 Å². The van der Waals surface area contributed by atoms with Crippen LogP contribution in [0.25, 0.3) is 0 Å². The molecule has 7 heteroatoms. The summed E-state index contributed by atoms with van der Waals surface area (Å²) >= 11 is 0. The SMILES string of the molecule is CCOc1ccc(S(=O)(=O)NCCc2ccc(OC)c(OC)c2)cc1. The Hall–Kier alpha value is -2.25. The van der Waals surface area contributed by atoms with Gasteiger partial charge in [0.15, 0.2) is 11.5 Å². The van der Waals surface area contributed by atoms with Crippen LogP contribution in [0.15, 0.2) is 47.4 Å². The molecule has 0 aromatic heterocycles. The van der Waals surface area contributed by atoms with Crippen LogP contribution in [0.1, 0.15) is 12.5 Å². The van der Waals surface area contributed by atoms with Gasteiger partial charge in [0.1, 0.15) is 5.75 Å². The Morgan fingerprint density at radius 1 is 0.960 bits per heavy atom. The first-order valence-corrected chi connectivity index (χ1v) is 9.42. The fourth-order valence-corrected chi connectivity index (χ4v) is 3.36. The lowest BCUT2D eigenvalue weighted by molar-refractivity contribution is 0.340. The number of sulfonamides is 1. The zero-order valence-corrected chi connectivity index (χ0v) is 15.4. The number of methoxy groups -OCH3 is 2. The quantitative estimate of drug-likeness (QED) is 0.739. The number of rotatable bonds is 9. The highest BCUT2D eigenvalue weighted by Gasteiger charge is 2.13. The molecule has 0 atom stereocenters. The summed E-state index contributed by atoms with van der Waals surface area (Å²) in [6.45, 7) is 2.70. The number of ether oxygens (including phenoxy) is 3. The van der Waals surface area contributed by atoms with Gasteiger partial charge < -0.3 is 14.2 Å². The molecule has 2 rings (SSSR count). The van der Waals surface area contributed by atoms with Crippen LogP contribution in [-0.4, -0.2) is 35.8 Å². The second-order valence-electron chi connectivity index (χ2n) is 5.24. The average molecular weight is 365 g/mol. The molecule has 2 aromatic rings. The van der Waals surface area contributed by atoms with E-state index in [1.807, 2.05) is 19.1 Å². The number of benzene rings is 2. The van der Waals surface area contributed by atoms with Crippen molar-refractivity contribution in [3.05, 3.63) is 48.0 Å². The molecular formula is C18H23NO5S. The Morgan fingerprint density at radius 3 is 2.24 bits per heavy atom. The maximum absolute atomic E-state index is 12.3. The van der Waals surface area contributed by atoms with Crippen molar-refractivity contribution < 1.29 is 22.6 Å². The molecule has 0 aliphatic carbocycles. The minimum atomic E-state index is -3.55. The summed E-state index contributed by atoms with van der Waals surface area (Å²) in [5.74, 6) is 1.90. The molecule has 0 amide bonds. The molecule has 0 saturated heterocycles. The highest BCUT2D eigenvalue weighted by Crippen LogP contribution is 2.27. The minimum Gasteiger partial charge on any atom is -0.494 e. The maximum atomic E-state index is 12.3. The second-order valence-corrected chi connectivity index (χ2v) is 7.01. The van der Waals surface area contributed by atoms with E-state index in [1.54, 1.807) is 32.4 Å². The van der Waals surface area contributed by atoms with E-state index in [1.165, 1.54) is 12.1 Å². The number of nitrogens with one attached hydrogen (secondary N) is 1. The Kier molecular flexibility index (Phi) is 6.66. The smallest absolute Gasteiger partial charge is 0.240 e. The van der Waals surface area contributed by atoms with E-state index in [0.29, 0.717) is 30.3 Å². The van der Waals surface area contributed by atoms with E-state index in [0.717, 1.165) is 5.56 Å². The van der Waals surface area contributed by atoms with Crippen LogP contribution in [0.5, 0.6) is 17.2 Å². The van der Waals surface area contributed by atoms with Crippen molar-refractivity contribution in [3.8, 4) is 17.2 Å². The van der Waals surface area contributed by atoms with E-state index >= 15 is 0 Å². The molecule has 6 nitrogen and oxygen atoms in total. The third-order valence-corrected chi connectivity index (χ3v) is 5.08. The molecule has 136 valence electrons. The number of hydrogen-bond donors (Lipinski definition) is 1. The Bertz CT molecular complexity index is 788. The summed E-state index contributed by atoms with van der Waals surface area (Å²) in [7, 11) is -0.415. The van der Waals surface area contributed by atoms with Crippen molar-refractivity contribution in [3.63, 3.8) is 0 Å². The summed E-state index contributed by atoms with van der Waals surface area (Å²) in [5, 5.41) is 0. The molecule has 0 bridgehead atoms.